The molecule has 5 N–H and O–H groups in total. The van der Waals surface area contributed by atoms with E-state index in [0.717, 1.165) is 12.8 Å². The van der Waals surface area contributed by atoms with Crippen LogP contribution in [0.4, 0.5) is 0 Å². The van der Waals surface area contributed by atoms with Crippen LogP contribution in [0.5, 0.6) is 0 Å². The number of nitrogens with two attached hydrogens (primary N) is 1. The van der Waals surface area contributed by atoms with E-state index in [9.17, 15) is 24.6 Å². The number of hydrogen-bond donors (Lipinski definition) is 4. The molecule has 0 aromatic heterocycles. The topological polar surface area (TPSA) is 130 Å². The Morgan fingerprint density at radius 2 is 1.81 bits per heavy atom. The fourth-order valence-electron chi connectivity index (χ4n) is 4.19. The summed E-state index contributed by atoms with van der Waals surface area (Å²) >= 11 is 0. The minimum absolute atomic E-state index is 0. The van der Waals surface area contributed by atoms with Gasteiger partial charge >= 0.3 is 11.9 Å². The van der Waals surface area contributed by atoms with Crippen molar-refractivity contribution in [3.63, 3.8) is 0 Å². The van der Waals surface area contributed by atoms with Crippen molar-refractivity contribution in [3.8, 4) is 0 Å². The molecule has 8 heteroatoms. The fourth-order valence-corrected chi connectivity index (χ4v) is 4.19. The van der Waals surface area contributed by atoms with Gasteiger partial charge in [-0.25, -0.2) is 4.79 Å². The summed E-state index contributed by atoms with van der Waals surface area (Å²) in [5.41, 5.74) is 3.83. The molecule has 5 atom stereocenters. The monoisotopic (exact) mass is 318 g/mol. The van der Waals surface area contributed by atoms with Crippen molar-refractivity contribution in [3.05, 3.63) is 0 Å². The van der Waals surface area contributed by atoms with Crippen molar-refractivity contribution in [2.75, 3.05) is 0 Å². The smallest absolute Gasteiger partial charge is 0.329 e. The number of carboxylic acids is 2. The number of carbonyl (C=O) groups is 3. The van der Waals surface area contributed by atoms with Gasteiger partial charge in [-0.1, -0.05) is 0 Å². The average Bonchev–Trinajstić information content (AvgIpc) is 3.17. The van der Waals surface area contributed by atoms with Crippen molar-refractivity contribution in [1.29, 1.82) is 0 Å². The summed E-state index contributed by atoms with van der Waals surface area (Å²) in [5.74, 6) is -3.94. The van der Waals surface area contributed by atoms with Gasteiger partial charge in [0.25, 0.3) is 0 Å². The molecule has 1 amide bonds. The quantitative estimate of drug-likeness (QED) is 0.569. The molecule has 118 valence electrons. The number of fused-ring (bicyclic) bond motifs is 2. The molecule has 3 fully saturated rings. The Labute approximate surface area is 127 Å². The van der Waals surface area contributed by atoms with E-state index in [1.807, 2.05) is 0 Å². The first kappa shape index (κ1) is 16.0. The minimum Gasteiger partial charge on any atom is -0.481 e. The standard InChI is InChI=1S/C13H18N2O5.ClH/c1-5(14)9(16)15-13(11(19)20)4-12(2-3-12)7-6(8(7)13)10(17)18;/h5-8H,2-4,14H2,1H3,(H,15,16)(H,17,18)(H,19,20);1H/t5-,6-,7?,8?,13?;/m0./s1. The Balaban J connectivity index is 0.00000161. The first-order valence-electron chi connectivity index (χ1n) is 6.79. The molecule has 3 unspecified atom stereocenters. The highest BCUT2D eigenvalue weighted by Crippen LogP contribution is 2.78. The zero-order valence-electron chi connectivity index (χ0n) is 11.5. The predicted octanol–water partition coefficient (Wildman–Crippen LogP) is -0.174. The number of amides is 1. The maximum absolute atomic E-state index is 11.8. The van der Waals surface area contributed by atoms with E-state index in [1.165, 1.54) is 6.92 Å². The summed E-state index contributed by atoms with van der Waals surface area (Å²) in [6, 6.07) is -0.817. The number of aliphatic carboxylic acids is 2. The Morgan fingerprint density at radius 1 is 1.24 bits per heavy atom. The van der Waals surface area contributed by atoms with Crippen molar-refractivity contribution in [1.82, 2.24) is 5.32 Å². The minimum atomic E-state index is -1.46. The molecule has 0 aromatic carbocycles. The Bertz CT molecular complexity index is 519. The molecule has 1 spiro atoms. The second-order valence-corrected chi connectivity index (χ2v) is 6.51. The third-order valence-electron chi connectivity index (χ3n) is 5.25. The largest absolute Gasteiger partial charge is 0.481 e. The molecule has 0 aliphatic heterocycles. The van der Waals surface area contributed by atoms with E-state index in [1.54, 1.807) is 0 Å². The number of carboxylic acid groups (broad SMARTS) is 2. The van der Waals surface area contributed by atoms with Gasteiger partial charge < -0.3 is 21.3 Å². The molecule has 3 aliphatic rings. The van der Waals surface area contributed by atoms with Crippen molar-refractivity contribution in [2.45, 2.75) is 37.8 Å². The lowest BCUT2D eigenvalue weighted by Gasteiger charge is -2.31. The SMILES string of the molecule is C[C@H](N)C(=O)NC1(C(=O)O)CC2(CC2)C2C1[C@H]2C(=O)O.Cl. The zero-order chi connectivity index (χ0) is 14.9. The fraction of sp³-hybridized carbons (Fsp3) is 0.769. The van der Waals surface area contributed by atoms with Crippen LogP contribution in [0.3, 0.4) is 0 Å². The predicted molar refractivity (Wildman–Crippen MR) is 73.8 cm³/mol. The van der Waals surface area contributed by atoms with E-state index in [-0.39, 0.29) is 23.7 Å². The highest BCUT2D eigenvalue weighted by atomic mass is 35.5. The summed E-state index contributed by atoms with van der Waals surface area (Å²) in [5, 5.41) is 21.4. The average molecular weight is 319 g/mol. The van der Waals surface area contributed by atoms with Crippen LogP contribution in [-0.2, 0) is 14.4 Å². The highest BCUT2D eigenvalue weighted by molar-refractivity contribution is 5.92. The number of carbonyl (C=O) groups excluding carboxylic acids is 1. The van der Waals surface area contributed by atoms with Crippen LogP contribution >= 0.6 is 12.4 Å². The van der Waals surface area contributed by atoms with E-state index >= 15 is 0 Å². The molecule has 21 heavy (non-hydrogen) atoms. The highest BCUT2D eigenvalue weighted by Gasteiger charge is 2.82. The molecular formula is C13H19ClN2O5. The summed E-state index contributed by atoms with van der Waals surface area (Å²) in [6.45, 7) is 1.48. The van der Waals surface area contributed by atoms with Crippen LogP contribution in [0, 0.1) is 23.2 Å². The third-order valence-corrected chi connectivity index (χ3v) is 5.25. The first-order chi connectivity index (χ1) is 9.25. The van der Waals surface area contributed by atoms with Crippen LogP contribution in [0.1, 0.15) is 26.2 Å². The Hall–Kier alpha value is -1.34. The van der Waals surface area contributed by atoms with Gasteiger partial charge in [0.15, 0.2) is 0 Å². The van der Waals surface area contributed by atoms with E-state index in [2.05, 4.69) is 5.32 Å². The van der Waals surface area contributed by atoms with Crippen molar-refractivity contribution >= 4 is 30.3 Å². The number of hydrogen-bond acceptors (Lipinski definition) is 4. The molecule has 0 radical (unpaired) electrons. The molecule has 0 bridgehead atoms. The normalized spacial score (nSPS) is 38.9. The van der Waals surface area contributed by atoms with E-state index < -0.39 is 41.3 Å². The molecule has 0 heterocycles. The van der Waals surface area contributed by atoms with Gasteiger partial charge in [0.05, 0.1) is 12.0 Å². The molecule has 3 aliphatic carbocycles. The molecule has 3 saturated carbocycles. The van der Waals surface area contributed by atoms with Crippen molar-refractivity contribution in [2.24, 2.45) is 28.9 Å². The summed E-state index contributed by atoms with van der Waals surface area (Å²) in [7, 11) is 0. The maximum atomic E-state index is 11.8. The second kappa shape index (κ2) is 4.58. The van der Waals surface area contributed by atoms with Gasteiger partial charge in [0.1, 0.15) is 5.54 Å². The van der Waals surface area contributed by atoms with Gasteiger partial charge in [-0.05, 0) is 37.5 Å². The maximum Gasteiger partial charge on any atom is 0.329 e. The molecular weight excluding hydrogens is 300 g/mol. The van der Waals surface area contributed by atoms with Gasteiger partial charge in [-0.3, -0.25) is 9.59 Å². The summed E-state index contributed by atoms with van der Waals surface area (Å²) in [4.78, 5) is 34.9. The lowest BCUT2D eigenvalue weighted by Crippen LogP contribution is -2.59. The van der Waals surface area contributed by atoms with Crippen LogP contribution in [0.25, 0.3) is 0 Å². The number of nitrogens with one attached hydrogen (secondary N) is 1. The summed E-state index contributed by atoms with van der Waals surface area (Å²) in [6.07, 6.45) is 2.02. The van der Waals surface area contributed by atoms with E-state index in [0.29, 0.717) is 6.42 Å². The molecule has 0 aromatic rings. The molecule has 3 rings (SSSR count). The Morgan fingerprint density at radius 3 is 2.19 bits per heavy atom. The van der Waals surface area contributed by atoms with Gasteiger partial charge in [0, 0.05) is 5.92 Å². The second-order valence-electron chi connectivity index (χ2n) is 6.51. The lowest BCUT2D eigenvalue weighted by atomic mass is 9.84. The van der Waals surface area contributed by atoms with Crippen molar-refractivity contribution < 1.29 is 24.6 Å². The number of halogens is 1. The van der Waals surface area contributed by atoms with Gasteiger partial charge in [0.2, 0.25) is 5.91 Å². The van der Waals surface area contributed by atoms with Gasteiger partial charge in [-0.15, -0.1) is 12.4 Å². The van der Waals surface area contributed by atoms with Gasteiger partial charge in [-0.2, -0.15) is 0 Å². The third kappa shape index (κ3) is 2.02. The van der Waals surface area contributed by atoms with Crippen LogP contribution in [0.2, 0.25) is 0 Å². The first-order valence-corrected chi connectivity index (χ1v) is 6.79. The Kier molecular flexibility index (Phi) is 3.50. The zero-order valence-corrected chi connectivity index (χ0v) is 12.4. The van der Waals surface area contributed by atoms with Crippen LogP contribution in [-0.4, -0.2) is 39.6 Å². The molecule has 0 saturated heterocycles. The lowest BCUT2D eigenvalue weighted by molar-refractivity contribution is -0.150. The molecule has 7 nitrogen and oxygen atoms in total. The number of rotatable bonds is 4. The van der Waals surface area contributed by atoms with E-state index in [4.69, 9.17) is 5.73 Å². The van der Waals surface area contributed by atoms with Crippen LogP contribution in [0.15, 0.2) is 0 Å². The summed E-state index contributed by atoms with van der Waals surface area (Å²) < 4.78 is 0. The van der Waals surface area contributed by atoms with Crippen LogP contribution < -0.4 is 11.1 Å².